The summed E-state index contributed by atoms with van der Waals surface area (Å²) in [5.74, 6) is -0.729. The molecule has 0 spiro atoms. The number of carbonyl (C=O) groups is 3. The molecule has 0 amide bonds. The first kappa shape index (κ1) is 23.3. The molecule has 0 aromatic heterocycles. The summed E-state index contributed by atoms with van der Waals surface area (Å²) in [7, 11) is 0. The Morgan fingerprint density at radius 1 is 0.879 bits per heavy atom. The predicted molar refractivity (Wildman–Crippen MR) is 122 cm³/mol. The van der Waals surface area contributed by atoms with Crippen molar-refractivity contribution in [2.75, 3.05) is 6.79 Å². The number of hydrogen-bond acceptors (Lipinski definition) is 7. The molecule has 3 rings (SSSR count). The van der Waals surface area contributed by atoms with Crippen LogP contribution in [0.2, 0.25) is 0 Å². The molecule has 0 fully saturated rings. The quantitative estimate of drug-likeness (QED) is 0.203. The third kappa shape index (κ3) is 6.54. The van der Waals surface area contributed by atoms with E-state index in [4.69, 9.17) is 18.9 Å². The highest BCUT2D eigenvalue weighted by Gasteiger charge is 2.10. The van der Waals surface area contributed by atoms with E-state index in [-0.39, 0.29) is 13.4 Å². The topological polar surface area (TPSA) is 88.1 Å². The van der Waals surface area contributed by atoms with Gasteiger partial charge in [-0.05, 0) is 65.7 Å². The van der Waals surface area contributed by atoms with Crippen LogP contribution < -0.4 is 9.47 Å². The predicted octanol–water partition coefficient (Wildman–Crippen LogP) is 4.74. The van der Waals surface area contributed by atoms with Gasteiger partial charge in [0.2, 0.25) is 6.79 Å². The summed E-state index contributed by atoms with van der Waals surface area (Å²) < 4.78 is 20.6. The Balaban J connectivity index is 1.60. The van der Waals surface area contributed by atoms with Gasteiger partial charge in [-0.2, -0.15) is 0 Å². The summed E-state index contributed by atoms with van der Waals surface area (Å²) in [6.07, 6.45) is 1.04. The number of esters is 3. The lowest BCUT2D eigenvalue weighted by atomic mass is 10.1. The fourth-order valence-corrected chi connectivity index (χ4v) is 2.77. The van der Waals surface area contributed by atoms with Gasteiger partial charge in [0.25, 0.3) is 0 Å². The Labute approximate surface area is 190 Å². The van der Waals surface area contributed by atoms with Crippen LogP contribution in [0.15, 0.2) is 85.5 Å². The molecule has 0 unspecified atom stereocenters. The molecule has 7 heteroatoms. The highest BCUT2D eigenvalue weighted by atomic mass is 16.7. The van der Waals surface area contributed by atoms with Crippen molar-refractivity contribution in [1.82, 2.24) is 0 Å². The number of carbonyl (C=O) groups excluding carboxylic acids is 3. The standard InChI is InChI=1S/C26H22O7/c1-4-24(27)32-16-31-22-10-7-19(8-11-22)26(29)33-23-12-9-20-13-18(5-6-21(20)14-23)15-30-25(28)17(2)3/h4-14H,1-2,15-16H2,3H3. The zero-order valence-corrected chi connectivity index (χ0v) is 18.0. The largest absolute Gasteiger partial charge is 0.457 e. The second-order valence-corrected chi connectivity index (χ2v) is 7.04. The van der Waals surface area contributed by atoms with E-state index >= 15 is 0 Å². The van der Waals surface area contributed by atoms with Crippen LogP contribution in [0, 0.1) is 0 Å². The fourth-order valence-electron chi connectivity index (χ4n) is 2.77. The first-order chi connectivity index (χ1) is 15.9. The van der Waals surface area contributed by atoms with Gasteiger partial charge in [0.1, 0.15) is 18.1 Å². The van der Waals surface area contributed by atoms with Gasteiger partial charge >= 0.3 is 17.9 Å². The third-order valence-electron chi connectivity index (χ3n) is 4.49. The van der Waals surface area contributed by atoms with Gasteiger partial charge in [0, 0.05) is 11.6 Å². The molecule has 33 heavy (non-hydrogen) atoms. The second kappa shape index (κ2) is 10.8. The van der Waals surface area contributed by atoms with Crippen molar-refractivity contribution in [1.29, 1.82) is 0 Å². The SMILES string of the molecule is C=CC(=O)OCOc1ccc(C(=O)Oc2ccc3cc(COC(=O)C(=C)C)ccc3c2)cc1. The van der Waals surface area contributed by atoms with E-state index in [1.54, 1.807) is 43.3 Å². The molecule has 168 valence electrons. The highest BCUT2D eigenvalue weighted by Crippen LogP contribution is 2.24. The van der Waals surface area contributed by atoms with Gasteiger partial charge in [0.15, 0.2) is 0 Å². The van der Waals surface area contributed by atoms with Crippen molar-refractivity contribution in [3.63, 3.8) is 0 Å². The summed E-state index contributed by atoms with van der Waals surface area (Å²) in [4.78, 5) is 35.0. The Morgan fingerprint density at radius 3 is 2.24 bits per heavy atom. The lowest BCUT2D eigenvalue weighted by molar-refractivity contribution is -0.144. The van der Waals surface area contributed by atoms with Gasteiger partial charge in [-0.1, -0.05) is 31.4 Å². The van der Waals surface area contributed by atoms with E-state index < -0.39 is 17.9 Å². The maximum atomic E-state index is 12.5. The summed E-state index contributed by atoms with van der Waals surface area (Å²) in [5, 5.41) is 1.78. The minimum Gasteiger partial charge on any atom is -0.457 e. The molecular formula is C26H22O7. The maximum absolute atomic E-state index is 12.5. The van der Waals surface area contributed by atoms with E-state index in [0.29, 0.717) is 22.6 Å². The van der Waals surface area contributed by atoms with Gasteiger partial charge in [-0.3, -0.25) is 0 Å². The zero-order chi connectivity index (χ0) is 23.8. The van der Waals surface area contributed by atoms with Crippen LogP contribution >= 0.6 is 0 Å². The van der Waals surface area contributed by atoms with Crippen LogP contribution in [0.4, 0.5) is 0 Å². The van der Waals surface area contributed by atoms with Crippen LogP contribution in [0.25, 0.3) is 10.8 Å². The van der Waals surface area contributed by atoms with E-state index in [2.05, 4.69) is 13.2 Å². The zero-order valence-electron chi connectivity index (χ0n) is 18.0. The molecule has 0 saturated heterocycles. The second-order valence-electron chi connectivity index (χ2n) is 7.04. The van der Waals surface area contributed by atoms with Gasteiger partial charge in [-0.15, -0.1) is 0 Å². The van der Waals surface area contributed by atoms with Crippen LogP contribution in [0.5, 0.6) is 11.5 Å². The van der Waals surface area contributed by atoms with Crippen LogP contribution in [-0.4, -0.2) is 24.7 Å². The van der Waals surface area contributed by atoms with Gasteiger partial charge < -0.3 is 18.9 Å². The molecule has 3 aromatic rings. The summed E-state index contributed by atoms with van der Waals surface area (Å²) >= 11 is 0. The van der Waals surface area contributed by atoms with E-state index in [9.17, 15) is 14.4 Å². The molecule has 0 radical (unpaired) electrons. The number of rotatable bonds is 9. The monoisotopic (exact) mass is 446 g/mol. The average Bonchev–Trinajstić information content (AvgIpc) is 2.82. The molecule has 0 aliphatic heterocycles. The first-order valence-corrected chi connectivity index (χ1v) is 9.95. The van der Waals surface area contributed by atoms with Crippen molar-refractivity contribution in [2.45, 2.75) is 13.5 Å². The third-order valence-corrected chi connectivity index (χ3v) is 4.49. The first-order valence-electron chi connectivity index (χ1n) is 9.95. The summed E-state index contributed by atoms with van der Waals surface area (Å²) in [5.41, 5.74) is 1.52. The molecule has 0 bridgehead atoms. The Bertz CT molecular complexity index is 1210. The fraction of sp³-hybridized carbons (Fsp3) is 0.115. The van der Waals surface area contributed by atoms with Gasteiger partial charge in [-0.25, -0.2) is 14.4 Å². The van der Waals surface area contributed by atoms with Gasteiger partial charge in [0.05, 0.1) is 5.56 Å². The van der Waals surface area contributed by atoms with Crippen molar-refractivity contribution < 1.29 is 33.3 Å². The molecule has 0 atom stereocenters. The number of ether oxygens (including phenoxy) is 4. The number of fused-ring (bicyclic) bond motifs is 1. The molecule has 0 saturated carbocycles. The minimum absolute atomic E-state index is 0.148. The van der Waals surface area contributed by atoms with E-state index in [1.165, 1.54) is 0 Å². The Hall–Kier alpha value is -4.39. The molecule has 0 heterocycles. The van der Waals surface area contributed by atoms with Crippen LogP contribution in [0.1, 0.15) is 22.8 Å². The van der Waals surface area contributed by atoms with E-state index in [1.807, 2.05) is 24.3 Å². The van der Waals surface area contributed by atoms with Crippen molar-refractivity contribution in [3.8, 4) is 11.5 Å². The number of hydrogen-bond donors (Lipinski definition) is 0. The molecule has 0 aliphatic carbocycles. The molecule has 3 aromatic carbocycles. The molecule has 0 N–H and O–H groups in total. The van der Waals surface area contributed by atoms with Crippen molar-refractivity contribution >= 4 is 28.7 Å². The van der Waals surface area contributed by atoms with Crippen LogP contribution in [0.3, 0.4) is 0 Å². The summed E-state index contributed by atoms with van der Waals surface area (Å²) in [6.45, 7) is 8.33. The smallest absolute Gasteiger partial charge is 0.343 e. The van der Waals surface area contributed by atoms with E-state index in [0.717, 1.165) is 22.4 Å². The Morgan fingerprint density at radius 2 is 1.55 bits per heavy atom. The normalized spacial score (nSPS) is 10.2. The lowest BCUT2D eigenvalue weighted by Crippen LogP contribution is -2.09. The van der Waals surface area contributed by atoms with Crippen LogP contribution in [-0.2, 0) is 25.7 Å². The highest BCUT2D eigenvalue weighted by molar-refractivity contribution is 5.92. The number of benzene rings is 3. The molecular weight excluding hydrogens is 424 g/mol. The maximum Gasteiger partial charge on any atom is 0.343 e. The molecule has 0 aliphatic rings. The lowest BCUT2D eigenvalue weighted by Gasteiger charge is -2.09. The van der Waals surface area contributed by atoms with Crippen molar-refractivity contribution in [3.05, 3.63) is 96.6 Å². The van der Waals surface area contributed by atoms with Crippen molar-refractivity contribution in [2.24, 2.45) is 0 Å². The average molecular weight is 446 g/mol. The summed E-state index contributed by atoms with van der Waals surface area (Å²) in [6, 6.07) is 17.1. The Kier molecular flexibility index (Phi) is 7.60. The minimum atomic E-state index is -0.590. The molecule has 7 nitrogen and oxygen atoms in total.